The second-order valence-corrected chi connectivity index (χ2v) is 6.00. The quantitative estimate of drug-likeness (QED) is 0.871. The molecule has 1 N–H and O–H groups in total. The number of nitrogens with zero attached hydrogens (tertiary/aromatic N) is 1. The Morgan fingerprint density at radius 2 is 2.38 bits per heavy atom. The van der Waals surface area contributed by atoms with Crippen LogP contribution in [0.5, 0.6) is 0 Å². The molecule has 2 unspecified atom stereocenters. The molecule has 3 heteroatoms. The van der Waals surface area contributed by atoms with Gasteiger partial charge in [0.05, 0.1) is 0 Å². The first kappa shape index (κ1) is 11.9. The van der Waals surface area contributed by atoms with E-state index in [2.05, 4.69) is 47.8 Å². The molecule has 16 heavy (non-hydrogen) atoms. The fourth-order valence-electron chi connectivity index (χ4n) is 2.44. The van der Waals surface area contributed by atoms with Crippen LogP contribution in [0.2, 0.25) is 0 Å². The molecule has 1 aliphatic rings. The summed E-state index contributed by atoms with van der Waals surface area (Å²) in [7, 11) is 0. The molecular formula is C13H22N2S. The van der Waals surface area contributed by atoms with Gasteiger partial charge in [0.1, 0.15) is 0 Å². The van der Waals surface area contributed by atoms with Gasteiger partial charge in [0, 0.05) is 36.2 Å². The lowest BCUT2D eigenvalue weighted by molar-refractivity contribution is 0.356. The van der Waals surface area contributed by atoms with Gasteiger partial charge in [0.25, 0.3) is 0 Å². The fraction of sp³-hybridized carbons (Fsp3) is 0.692. The first-order valence-corrected chi connectivity index (χ1v) is 7.13. The molecule has 2 rings (SSSR count). The van der Waals surface area contributed by atoms with Gasteiger partial charge in [-0.1, -0.05) is 13.8 Å². The molecule has 0 amide bonds. The van der Waals surface area contributed by atoms with Crippen molar-refractivity contribution in [2.24, 2.45) is 5.92 Å². The van der Waals surface area contributed by atoms with Crippen molar-refractivity contribution in [3.05, 3.63) is 16.8 Å². The van der Waals surface area contributed by atoms with Crippen LogP contribution in [0.25, 0.3) is 0 Å². The van der Waals surface area contributed by atoms with Crippen molar-refractivity contribution in [3.63, 3.8) is 0 Å². The van der Waals surface area contributed by atoms with Gasteiger partial charge in [0.2, 0.25) is 0 Å². The van der Waals surface area contributed by atoms with Crippen LogP contribution in [0.4, 0.5) is 5.69 Å². The summed E-state index contributed by atoms with van der Waals surface area (Å²) < 4.78 is 0. The summed E-state index contributed by atoms with van der Waals surface area (Å²) in [6.07, 6.45) is 1.27. The highest BCUT2D eigenvalue weighted by Crippen LogP contribution is 2.23. The maximum atomic E-state index is 3.65. The van der Waals surface area contributed by atoms with Crippen molar-refractivity contribution in [1.29, 1.82) is 0 Å². The average molecular weight is 238 g/mol. The van der Waals surface area contributed by atoms with Crippen LogP contribution in [-0.4, -0.2) is 25.2 Å². The van der Waals surface area contributed by atoms with E-state index in [0.717, 1.165) is 19.0 Å². The molecule has 2 heterocycles. The molecule has 0 saturated carbocycles. The minimum Gasteiger partial charge on any atom is -0.365 e. The summed E-state index contributed by atoms with van der Waals surface area (Å²) >= 11 is 1.79. The Bertz CT molecular complexity index is 308. The van der Waals surface area contributed by atoms with Crippen molar-refractivity contribution in [2.45, 2.75) is 39.3 Å². The summed E-state index contributed by atoms with van der Waals surface area (Å²) in [5.74, 6) is 0.773. The second kappa shape index (κ2) is 5.19. The van der Waals surface area contributed by atoms with E-state index >= 15 is 0 Å². The SMILES string of the molecule is CC(C)CC1CN(c2ccsc2)C(C)CN1. The first-order chi connectivity index (χ1) is 7.66. The van der Waals surface area contributed by atoms with Gasteiger partial charge in [0.15, 0.2) is 0 Å². The van der Waals surface area contributed by atoms with Crippen LogP contribution in [0.15, 0.2) is 16.8 Å². The maximum Gasteiger partial charge on any atom is 0.0478 e. The van der Waals surface area contributed by atoms with Crippen molar-refractivity contribution in [3.8, 4) is 0 Å². The third-order valence-electron chi connectivity index (χ3n) is 3.24. The molecule has 0 aromatic carbocycles. The zero-order valence-corrected chi connectivity index (χ0v) is 11.3. The molecule has 2 nitrogen and oxygen atoms in total. The Hall–Kier alpha value is -0.540. The zero-order valence-electron chi connectivity index (χ0n) is 10.4. The van der Waals surface area contributed by atoms with E-state index in [0.29, 0.717) is 12.1 Å². The number of rotatable bonds is 3. The molecule has 0 spiro atoms. The predicted octanol–water partition coefficient (Wildman–Crippen LogP) is 2.96. The minimum atomic E-state index is 0.609. The molecular weight excluding hydrogens is 216 g/mol. The summed E-state index contributed by atoms with van der Waals surface area (Å²) in [4.78, 5) is 2.54. The van der Waals surface area contributed by atoms with Gasteiger partial charge in [-0.25, -0.2) is 0 Å². The van der Waals surface area contributed by atoms with Crippen molar-refractivity contribution >= 4 is 17.0 Å². The molecule has 1 saturated heterocycles. The third-order valence-corrected chi connectivity index (χ3v) is 3.92. The lowest BCUT2D eigenvalue weighted by atomic mass is 10.00. The van der Waals surface area contributed by atoms with Gasteiger partial charge in [-0.15, -0.1) is 0 Å². The van der Waals surface area contributed by atoms with Gasteiger partial charge < -0.3 is 10.2 Å². The molecule has 1 aromatic heterocycles. The highest BCUT2D eigenvalue weighted by molar-refractivity contribution is 7.08. The van der Waals surface area contributed by atoms with E-state index in [4.69, 9.17) is 0 Å². The van der Waals surface area contributed by atoms with Crippen LogP contribution in [0, 0.1) is 5.92 Å². The lowest BCUT2D eigenvalue weighted by Crippen LogP contribution is -2.55. The van der Waals surface area contributed by atoms with Crippen LogP contribution in [0.1, 0.15) is 27.2 Å². The Balaban J connectivity index is 2.01. The zero-order chi connectivity index (χ0) is 11.5. The van der Waals surface area contributed by atoms with E-state index in [9.17, 15) is 0 Å². The summed E-state index contributed by atoms with van der Waals surface area (Å²) in [6.45, 7) is 9.16. The summed E-state index contributed by atoms with van der Waals surface area (Å²) in [6, 6.07) is 3.49. The maximum absolute atomic E-state index is 3.65. The van der Waals surface area contributed by atoms with Gasteiger partial charge in [-0.05, 0) is 30.7 Å². The molecule has 90 valence electrons. The standard InChI is InChI=1S/C13H22N2S/c1-10(2)6-12-8-15(11(3)7-14-12)13-4-5-16-9-13/h4-5,9-12,14H,6-8H2,1-3H3. The molecule has 1 aromatic rings. The third kappa shape index (κ3) is 2.77. The number of nitrogens with one attached hydrogen (secondary N) is 1. The Morgan fingerprint density at radius 1 is 1.56 bits per heavy atom. The average Bonchev–Trinajstić information content (AvgIpc) is 2.73. The summed E-state index contributed by atoms with van der Waals surface area (Å²) in [5.41, 5.74) is 1.40. The van der Waals surface area contributed by atoms with Gasteiger partial charge >= 0.3 is 0 Å². The second-order valence-electron chi connectivity index (χ2n) is 5.22. The van der Waals surface area contributed by atoms with Gasteiger partial charge in [-0.3, -0.25) is 0 Å². The van der Waals surface area contributed by atoms with E-state index in [-0.39, 0.29) is 0 Å². The Kier molecular flexibility index (Phi) is 3.87. The predicted molar refractivity (Wildman–Crippen MR) is 72.4 cm³/mol. The largest absolute Gasteiger partial charge is 0.365 e. The van der Waals surface area contributed by atoms with E-state index < -0.39 is 0 Å². The lowest BCUT2D eigenvalue weighted by Gasteiger charge is -2.40. The summed E-state index contributed by atoms with van der Waals surface area (Å²) in [5, 5.41) is 8.08. The number of anilines is 1. The first-order valence-electron chi connectivity index (χ1n) is 6.19. The van der Waals surface area contributed by atoms with Crippen LogP contribution >= 0.6 is 11.3 Å². The smallest absolute Gasteiger partial charge is 0.0478 e. The minimum absolute atomic E-state index is 0.609. The number of piperazine rings is 1. The highest BCUT2D eigenvalue weighted by Gasteiger charge is 2.25. The van der Waals surface area contributed by atoms with E-state index in [1.54, 1.807) is 11.3 Å². The Labute approximate surface area is 103 Å². The monoisotopic (exact) mass is 238 g/mol. The molecule has 0 aliphatic carbocycles. The number of thiophene rings is 1. The molecule has 2 atom stereocenters. The molecule has 0 bridgehead atoms. The number of hydrogen-bond acceptors (Lipinski definition) is 3. The van der Waals surface area contributed by atoms with Crippen LogP contribution < -0.4 is 10.2 Å². The van der Waals surface area contributed by atoms with Crippen LogP contribution in [-0.2, 0) is 0 Å². The van der Waals surface area contributed by atoms with Crippen molar-refractivity contribution < 1.29 is 0 Å². The van der Waals surface area contributed by atoms with E-state index in [1.165, 1.54) is 12.1 Å². The van der Waals surface area contributed by atoms with Crippen molar-refractivity contribution in [2.75, 3.05) is 18.0 Å². The highest BCUT2D eigenvalue weighted by atomic mass is 32.1. The van der Waals surface area contributed by atoms with E-state index in [1.807, 2.05) is 0 Å². The molecule has 0 radical (unpaired) electrons. The van der Waals surface area contributed by atoms with Gasteiger partial charge in [-0.2, -0.15) is 11.3 Å². The molecule has 1 fully saturated rings. The van der Waals surface area contributed by atoms with Crippen LogP contribution in [0.3, 0.4) is 0 Å². The Morgan fingerprint density at radius 3 is 3.00 bits per heavy atom. The topological polar surface area (TPSA) is 15.3 Å². The normalized spacial score (nSPS) is 26.4. The van der Waals surface area contributed by atoms with Crippen molar-refractivity contribution in [1.82, 2.24) is 5.32 Å². The number of hydrogen-bond donors (Lipinski definition) is 1. The molecule has 1 aliphatic heterocycles. The fourth-order valence-corrected chi connectivity index (χ4v) is 3.09.